The highest BCUT2D eigenvalue weighted by molar-refractivity contribution is 5.65. The first-order chi connectivity index (χ1) is 20.4. The average Bonchev–Trinajstić information content (AvgIpc) is 2.93. The molecule has 0 aliphatic heterocycles. The molecule has 10 heteroatoms. The Balaban J connectivity index is 1.54. The zero-order valence-electron chi connectivity index (χ0n) is 22.6. The zero-order valence-corrected chi connectivity index (χ0v) is 22.6. The number of benzene rings is 4. The molecule has 4 rings (SSSR count). The van der Waals surface area contributed by atoms with Crippen molar-refractivity contribution in [3.05, 3.63) is 124 Å². The van der Waals surface area contributed by atoms with Crippen LogP contribution in [0.4, 0.5) is 39.5 Å². The molecule has 0 heterocycles. The second-order valence-corrected chi connectivity index (χ2v) is 9.71. The molecular formula is C33H23F9O. The smallest absolute Gasteiger partial charge is 0.429 e. The van der Waals surface area contributed by atoms with Crippen LogP contribution in [-0.4, -0.2) is 0 Å². The summed E-state index contributed by atoms with van der Waals surface area (Å²) >= 11 is 0. The first-order valence-corrected chi connectivity index (χ1v) is 13.2. The van der Waals surface area contributed by atoms with Gasteiger partial charge in [-0.25, -0.2) is 30.7 Å². The largest absolute Gasteiger partial charge is 0.432 e. The van der Waals surface area contributed by atoms with Crippen LogP contribution < -0.4 is 4.74 Å². The molecule has 224 valence electrons. The number of hydrogen-bond acceptors (Lipinski definition) is 1. The second-order valence-electron chi connectivity index (χ2n) is 9.71. The van der Waals surface area contributed by atoms with E-state index in [4.69, 9.17) is 0 Å². The number of aryl methyl sites for hydroxylation is 1. The maximum Gasteiger partial charge on any atom is 0.432 e. The number of ether oxygens (including phenoxy) is 1. The molecular weight excluding hydrogens is 583 g/mol. The van der Waals surface area contributed by atoms with Crippen molar-refractivity contribution < 1.29 is 44.3 Å². The van der Waals surface area contributed by atoms with Crippen LogP contribution in [0.15, 0.2) is 60.7 Å². The molecule has 4 aromatic carbocycles. The van der Waals surface area contributed by atoms with Crippen molar-refractivity contribution in [3.63, 3.8) is 0 Å². The fourth-order valence-corrected chi connectivity index (χ4v) is 4.33. The van der Waals surface area contributed by atoms with E-state index in [0.29, 0.717) is 17.7 Å². The van der Waals surface area contributed by atoms with Crippen molar-refractivity contribution in [2.45, 2.75) is 45.1 Å². The van der Waals surface area contributed by atoms with Gasteiger partial charge in [0.1, 0.15) is 34.6 Å². The molecule has 43 heavy (non-hydrogen) atoms. The van der Waals surface area contributed by atoms with Gasteiger partial charge in [0.25, 0.3) is 0 Å². The van der Waals surface area contributed by atoms with E-state index in [1.54, 1.807) is 12.1 Å². The topological polar surface area (TPSA) is 9.23 Å². The molecule has 0 aliphatic carbocycles. The molecule has 0 saturated heterocycles. The molecule has 4 aromatic rings. The molecule has 0 unspecified atom stereocenters. The number of rotatable bonds is 9. The number of halogens is 9. The molecule has 0 amide bonds. The minimum atomic E-state index is -4.79. The van der Waals surface area contributed by atoms with Gasteiger partial charge in [0.05, 0.1) is 5.56 Å². The van der Waals surface area contributed by atoms with Crippen molar-refractivity contribution >= 4 is 0 Å². The van der Waals surface area contributed by atoms with E-state index < -0.39 is 69.3 Å². The summed E-state index contributed by atoms with van der Waals surface area (Å²) < 4.78 is 132. The van der Waals surface area contributed by atoms with Gasteiger partial charge >= 0.3 is 6.11 Å². The van der Waals surface area contributed by atoms with Crippen molar-refractivity contribution in [2.24, 2.45) is 0 Å². The van der Waals surface area contributed by atoms with Gasteiger partial charge in [0.15, 0.2) is 17.5 Å². The quantitative estimate of drug-likeness (QED) is 0.0798. The van der Waals surface area contributed by atoms with E-state index in [0.717, 1.165) is 49.8 Å². The monoisotopic (exact) mass is 606 g/mol. The minimum Gasteiger partial charge on any atom is -0.429 e. The first kappa shape index (κ1) is 31.5. The molecule has 0 radical (unpaired) electrons. The summed E-state index contributed by atoms with van der Waals surface area (Å²) in [5, 5.41) is 0. The lowest BCUT2D eigenvalue weighted by Gasteiger charge is -2.19. The van der Waals surface area contributed by atoms with Crippen LogP contribution in [0.2, 0.25) is 0 Å². The summed E-state index contributed by atoms with van der Waals surface area (Å²) in [4.78, 5) is 0. The minimum absolute atomic E-state index is 0.0704. The molecule has 0 spiro atoms. The Morgan fingerprint density at radius 1 is 0.628 bits per heavy atom. The average molecular weight is 607 g/mol. The van der Waals surface area contributed by atoms with Crippen LogP contribution in [0.5, 0.6) is 5.75 Å². The van der Waals surface area contributed by atoms with E-state index in [-0.39, 0.29) is 17.7 Å². The standard InChI is InChI=1S/C33H23F9O/c1-2-3-4-5-6-19-7-10-21(11-8-19)22-15-25(34)24(26(35)16-22)12-9-20-13-27(36)31(28(37)14-20)33(41,42)43-23-17-29(38)32(40)30(39)18-23/h7-8,10-11,13-18H,2-6H2,1H3. The third-order valence-electron chi connectivity index (χ3n) is 6.52. The van der Waals surface area contributed by atoms with E-state index in [1.165, 1.54) is 0 Å². The highest BCUT2D eigenvalue weighted by atomic mass is 19.3. The molecule has 0 atom stereocenters. The molecule has 0 N–H and O–H groups in total. The van der Waals surface area contributed by atoms with Gasteiger partial charge in [-0.05, 0) is 53.8 Å². The highest BCUT2D eigenvalue weighted by Gasteiger charge is 2.41. The lowest BCUT2D eigenvalue weighted by atomic mass is 9.99. The number of alkyl halides is 2. The van der Waals surface area contributed by atoms with Crippen LogP contribution in [-0.2, 0) is 12.5 Å². The maximum atomic E-state index is 14.8. The summed E-state index contributed by atoms with van der Waals surface area (Å²) in [7, 11) is 0. The van der Waals surface area contributed by atoms with Crippen LogP contribution in [0, 0.1) is 52.6 Å². The highest BCUT2D eigenvalue weighted by Crippen LogP contribution is 2.36. The molecule has 0 aliphatic rings. The Hall–Kier alpha value is -4.39. The number of unbranched alkanes of at least 4 members (excludes halogenated alkanes) is 3. The van der Waals surface area contributed by atoms with Gasteiger partial charge < -0.3 is 4.74 Å². The van der Waals surface area contributed by atoms with E-state index >= 15 is 0 Å². The molecule has 0 aromatic heterocycles. The third kappa shape index (κ3) is 7.53. The summed E-state index contributed by atoms with van der Waals surface area (Å²) in [5.41, 5.74) is -1.31. The SMILES string of the molecule is CCCCCCc1ccc(-c2cc(F)c(C#Cc3cc(F)c(C(F)(F)Oc4cc(F)c(F)c(F)c4)c(F)c3)c(F)c2)cc1. The van der Waals surface area contributed by atoms with E-state index in [9.17, 15) is 39.5 Å². The van der Waals surface area contributed by atoms with Gasteiger partial charge in [-0.1, -0.05) is 62.3 Å². The lowest BCUT2D eigenvalue weighted by Crippen LogP contribution is -2.25. The van der Waals surface area contributed by atoms with Gasteiger partial charge in [0, 0.05) is 17.7 Å². The van der Waals surface area contributed by atoms with E-state index in [2.05, 4.69) is 23.5 Å². The fourth-order valence-electron chi connectivity index (χ4n) is 4.33. The van der Waals surface area contributed by atoms with Crippen LogP contribution in [0.25, 0.3) is 11.1 Å². The maximum absolute atomic E-state index is 14.8. The van der Waals surface area contributed by atoms with Gasteiger partial charge in [-0.3, -0.25) is 0 Å². The summed E-state index contributed by atoms with van der Waals surface area (Å²) in [5.74, 6) is -8.53. The molecule has 0 saturated carbocycles. The molecule has 0 bridgehead atoms. The Morgan fingerprint density at radius 3 is 1.77 bits per heavy atom. The van der Waals surface area contributed by atoms with Gasteiger partial charge in [-0.2, -0.15) is 8.78 Å². The first-order valence-electron chi connectivity index (χ1n) is 13.2. The summed E-state index contributed by atoms with van der Waals surface area (Å²) in [6, 6.07) is 10.2. The van der Waals surface area contributed by atoms with Crippen molar-refractivity contribution in [2.75, 3.05) is 0 Å². The molecule has 0 fully saturated rings. The van der Waals surface area contributed by atoms with E-state index in [1.807, 2.05) is 12.1 Å². The lowest BCUT2D eigenvalue weighted by molar-refractivity contribution is -0.189. The van der Waals surface area contributed by atoms with Crippen LogP contribution >= 0.6 is 0 Å². The zero-order chi connectivity index (χ0) is 31.3. The van der Waals surface area contributed by atoms with Gasteiger partial charge in [0.2, 0.25) is 0 Å². The normalized spacial score (nSPS) is 11.3. The third-order valence-corrected chi connectivity index (χ3v) is 6.52. The summed E-state index contributed by atoms with van der Waals surface area (Å²) in [6.45, 7) is 2.12. The van der Waals surface area contributed by atoms with Crippen molar-refractivity contribution in [3.8, 4) is 28.7 Å². The summed E-state index contributed by atoms with van der Waals surface area (Å²) in [6.07, 6.45) is 0.520. The van der Waals surface area contributed by atoms with Gasteiger partial charge in [-0.15, -0.1) is 0 Å². The second kappa shape index (κ2) is 13.3. The number of hydrogen-bond donors (Lipinski definition) is 0. The van der Waals surface area contributed by atoms with Crippen molar-refractivity contribution in [1.82, 2.24) is 0 Å². The predicted molar refractivity (Wildman–Crippen MR) is 143 cm³/mol. The Kier molecular flexibility index (Phi) is 9.74. The van der Waals surface area contributed by atoms with Crippen molar-refractivity contribution in [1.29, 1.82) is 0 Å². The van der Waals surface area contributed by atoms with Crippen LogP contribution in [0.1, 0.15) is 54.9 Å². The Morgan fingerprint density at radius 2 is 1.21 bits per heavy atom. The predicted octanol–water partition coefficient (Wildman–Crippen LogP) is 9.98. The Labute approximate surface area is 241 Å². The van der Waals surface area contributed by atoms with Crippen LogP contribution in [0.3, 0.4) is 0 Å². The fraction of sp³-hybridized carbons (Fsp3) is 0.212. The molecule has 1 nitrogen and oxygen atoms in total. The Bertz CT molecular complexity index is 1620.